The smallest absolute Gasteiger partial charge is 0.289 e. The van der Waals surface area contributed by atoms with Crippen molar-refractivity contribution in [3.05, 3.63) is 46.5 Å². The molecule has 5 heteroatoms. The van der Waals surface area contributed by atoms with E-state index < -0.39 is 4.92 Å². The maximum absolute atomic E-state index is 11.1. The molecule has 1 aromatic carbocycles. The van der Waals surface area contributed by atoms with Gasteiger partial charge < -0.3 is 4.90 Å². The van der Waals surface area contributed by atoms with Crippen molar-refractivity contribution in [3.63, 3.8) is 0 Å². The van der Waals surface area contributed by atoms with E-state index in [9.17, 15) is 10.1 Å². The van der Waals surface area contributed by atoms with Crippen LogP contribution in [0.2, 0.25) is 0 Å². The Morgan fingerprint density at radius 1 is 1.50 bits per heavy atom. The molecular weight excluding hydrogens is 254 g/mol. The van der Waals surface area contributed by atoms with Crippen LogP contribution in [0.15, 0.2) is 30.9 Å². The zero-order chi connectivity index (χ0) is 14.5. The molecule has 1 aliphatic carbocycles. The Morgan fingerprint density at radius 3 is 2.75 bits per heavy atom. The molecule has 104 valence electrons. The Bertz CT molecular complexity index is 557. The van der Waals surface area contributed by atoms with Gasteiger partial charge in [0.2, 0.25) is 0 Å². The van der Waals surface area contributed by atoms with Gasteiger partial charge in [-0.1, -0.05) is 18.9 Å². The van der Waals surface area contributed by atoms with Crippen LogP contribution in [0.5, 0.6) is 0 Å². The Kier molecular flexibility index (Phi) is 4.36. The average molecular weight is 271 g/mol. The summed E-state index contributed by atoms with van der Waals surface area (Å²) in [5.74, 6) is 0. The molecule has 0 spiro atoms. The van der Waals surface area contributed by atoms with E-state index in [2.05, 4.69) is 11.5 Å². The minimum atomic E-state index is -0.497. The summed E-state index contributed by atoms with van der Waals surface area (Å²) in [4.78, 5) is 12.7. The van der Waals surface area contributed by atoms with Crippen LogP contribution < -0.4 is 4.90 Å². The summed E-state index contributed by atoms with van der Waals surface area (Å²) in [6.07, 6.45) is 6.39. The van der Waals surface area contributed by atoms with Crippen LogP contribution in [-0.4, -0.2) is 17.5 Å². The van der Waals surface area contributed by atoms with Crippen LogP contribution in [0.25, 0.3) is 0 Å². The van der Waals surface area contributed by atoms with Crippen LogP contribution in [0.3, 0.4) is 0 Å². The molecule has 0 N–H and O–H groups in total. The minimum absolute atomic E-state index is 0.101. The molecule has 1 aliphatic rings. The molecule has 0 aromatic heterocycles. The molecule has 0 aliphatic heterocycles. The SMILES string of the molecule is C=CCN(c1ccc(C#N)c([N+](=O)[O-])c1)C1CCCC1. The molecule has 0 heterocycles. The lowest BCUT2D eigenvalue weighted by Gasteiger charge is -2.30. The van der Waals surface area contributed by atoms with Crippen molar-refractivity contribution in [1.82, 2.24) is 0 Å². The number of hydrogen-bond donors (Lipinski definition) is 0. The van der Waals surface area contributed by atoms with Gasteiger partial charge in [-0.2, -0.15) is 5.26 Å². The maximum Gasteiger partial charge on any atom is 0.289 e. The number of nitriles is 1. The topological polar surface area (TPSA) is 70.2 Å². The molecule has 1 fully saturated rings. The third kappa shape index (κ3) is 2.80. The highest BCUT2D eigenvalue weighted by Gasteiger charge is 2.24. The second-order valence-electron chi connectivity index (χ2n) is 4.95. The first kappa shape index (κ1) is 14.1. The lowest BCUT2D eigenvalue weighted by Crippen LogP contribution is -2.33. The molecule has 1 aromatic rings. The van der Waals surface area contributed by atoms with Crippen LogP contribution in [0.1, 0.15) is 31.2 Å². The lowest BCUT2D eigenvalue weighted by atomic mass is 10.1. The molecule has 0 atom stereocenters. The van der Waals surface area contributed by atoms with Crippen molar-refractivity contribution in [2.75, 3.05) is 11.4 Å². The fourth-order valence-corrected chi connectivity index (χ4v) is 2.76. The summed E-state index contributed by atoms with van der Waals surface area (Å²) in [5.41, 5.74) is 0.767. The van der Waals surface area contributed by atoms with Crippen molar-refractivity contribution < 1.29 is 4.92 Å². The predicted octanol–water partition coefficient (Wildman–Crippen LogP) is 3.40. The molecule has 20 heavy (non-hydrogen) atoms. The average Bonchev–Trinajstić information content (AvgIpc) is 2.98. The van der Waals surface area contributed by atoms with Crippen LogP contribution in [0.4, 0.5) is 11.4 Å². The number of anilines is 1. The summed E-state index contributed by atoms with van der Waals surface area (Å²) in [6, 6.07) is 7.08. The van der Waals surface area contributed by atoms with Gasteiger partial charge in [0, 0.05) is 24.3 Å². The molecule has 0 radical (unpaired) electrons. The number of benzene rings is 1. The van der Waals surface area contributed by atoms with Crippen LogP contribution in [0, 0.1) is 21.4 Å². The number of rotatable bonds is 5. The van der Waals surface area contributed by atoms with E-state index in [-0.39, 0.29) is 11.3 Å². The quantitative estimate of drug-likeness (QED) is 0.467. The standard InChI is InChI=1S/C15H17N3O2/c1-2-9-17(13-5-3-4-6-13)14-8-7-12(11-16)15(10-14)18(19)20/h2,7-8,10,13H,1,3-6,9H2. The highest BCUT2D eigenvalue weighted by molar-refractivity contribution is 5.61. The highest BCUT2D eigenvalue weighted by Crippen LogP contribution is 2.31. The second-order valence-corrected chi connectivity index (χ2v) is 4.95. The van der Waals surface area contributed by atoms with Gasteiger partial charge in [-0.25, -0.2) is 0 Å². The monoisotopic (exact) mass is 271 g/mol. The molecule has 1 saturated carbocycles. The van der Waals surface area contributed by atoms with Gasteiger partial charge in [-0.05, 0) is 25.0 Å². The maximum atomic E-state index is 11.1. The van der Waals surface area contributed by atoms with Gasteiger partial charge in [-0.15, -0.1) is 6.58 Å². The molecular formula is C15H17N3O2. The molecule has 0 bridgehead atoms. The highest BCUT2D eigenvalue weighted by atomic mass is 16.6. The van der Waals surface area contributed by atoms with Gasteiger partial charge in [0.1, 0.15) is 11.6 Å². The number of nitro groups is 1. The predicted molar refractivity (Wildman–Crippen MR) is 77.6 cm³/mol. The molecule has 2 rings (SSSR count). The van der Waals surface area contributed by atoms with Gasteiger partial charge in [0.25, 0.3) is 5.69 Å². The van der Waals surface area contributed by atoms with Crippen molar-refractivity contribution in [2.45, 2.75) is 31.7 Å². The largest absolute Gasteiger partial charge is 0.365 e. The van der Waals surface area contributed by atoms with Gasteiger partial charge in [0.15, 0.2) is 0 Å². The van der Waals surface area contributed by atoms with E-state index in [1.807, 2.05) is 12.1 Å². The van der Waals surface area contributed by atoms with E-state index in [0.717, 1.165) is 18.5 Å². The van der Waals surface area contributed by atoms with E-state index in [1.54, 1.807) is 6.07 Å². The zero-order valence-corrected chi connectivity index (χ0v) is 11.3. The minimum Gasteiger partial charge on any atom is -0.365 e. The Labute approximate surface area is 118 Å². The molecule has 0 amide bonds. The van der Waals surface area contributed by atoms with Gasteiger partial charge >= 0.3 is 0 Å². The lowest BCUT2D eigenvalue weighted by molar-refractivity contribution is -0.385. The first-order chi connectivity index (χ1) is 9.67. The number of nitrogens with zero attached hydrogens (tertiary/aromatic N) is 3. The molecule has 0 saturated heterocycles. The summed E-state index contributed by atoms with van der Waals surface area (Å²) >= 11 is 0. The summed E-state index contributed by atoms with van der Waals surface area (Å²) in [6.45, 7) is 4.42. The summed E-state index contributed by atoms with van der Waals surface area (Å²) < 4.78 is 0. The van der Waals surface area contributed by atoms with Crippen LogP contribution >= 0.6 is 0 Å². The van der Waals surface area contributed by atoms with E-state index in [1.165, 1.54) is 25.0 Å². The third-order valence-electron chi connectivity index (χ3n) is 3.72. The molecule has 0 unspecified atom stereocenters. The van der Waals surface area contributed by atoms with E-state index in [0.29, 0.717) is 12.6 Å². The van der Waals surface area contributed by atoms with E-state index in [4.69, 9.17) is 5.26 Å². The van der Waals surface area contributed by atoms with Crippen LogP contribution in [-0.2, 0) is 0 Å². The van der Waals surface area contributed by atoms with E-state index >= 15 is 0 Å². The first-order valence-electron chi connectivity index (χ1n) is 6.73. The first-order valence-corrected chi connectivity index (χ1v) is 6.73. The van der Waals surface area contributed by atoms with Gasteiger partial charge in [0.05, 0.1) is 4.92 Å². The fourth-order valence-electron chi connectivity index (χ4n) is 2.76. The number of hydrogen-bond acceptors (Lipinski definition) is 4. The summed E-state index contributed by atoms with van der Waals surface area (Å²) in [5, 5.41) is 20.0. The number of nitro benzene ring substituents is 1. The zero-order valence-electron chi connectivity index (χ0n) is 11.3. The molecule has 5 nitrogen and oxygen atoms in total. The van der Waals surface area contributed by atoms with Crippen molar-refractivity contribution in [1.29, 1.82) is 5.26 Å². The van der Waals surface area contributed by atoms with Crippen molar-refractivity contribution >= 4 is 11.4 Å². The normalized spacial score (nSPS) is 14.8. The second kappa shape index (κ2) is 6.20. The Morgan fingerprint density at radius 2 is 2.20 bits per heavy atom. The van der Waals surface area contributed by atoms with Gasteiger partial charge in [-0.3, -0.25) is 10.1 Å². The summed E-state index contributed by atoms with van der Waals surface area (Å²) in [7, 11) is 0. The van der Waals surface area contributed by atoms with Crippen molar-refractivity contribution in [2.24, 2.45) is 0 Å². The Hall–Kier alpha value is -2.35. The van der Waals surface area contributed by atoms with Crippen molar-refractivity contribution in [3.8, 4) is 6.07 Å². The Balaban J connectivity index is 2.38. The third-order valence-corrected chi connectivity index (χ3v) is 3.72. The fraction of sp³-hybridized carbons (Fsp3) is 0.400.